The van der Waals surface area contributed by atoms with Crippen molar-refractivity contribution < 1.29 is 9.90 Å². The number of hydrogen-bond donors (Lipinski definition) is 2. The number of anilines is 1. The molecule has 2 rings (SSSR count). The fourth-order valence-electron chi connectivity index (χ4n) is 2.90. The highest BCUT2D eigenvalue weighted by Gasteiger charge is 2.33. The fraction of sp³-hybridized carbons (Fsp3) is 0.562. The summed E-state index contributed by atoms with van der Waals surface area (Å²) in [6, 6.07) is 5.75. The third-order valence-electron chi connectivity index (χ3n) is 3.99. The van der Waals surface area contributed by atoms with Gasteiger partial charge in [-0.25, -0.2) is 4.98 Å². The molecule has 6 heteroatoms. The normalized spacial score (nSPS) is 20.7. The molecule has 2 N–H and O–H groups in total. The van der Waals surface area contributed by atoms with Crippen LogP contribution in [0.15, 0.2) is 18.3 Å². The van der Waals surface area contributed by atoms with Crippen LogP contribution in [0.3, 0.4) is 0 Å². The molecule has 0 saturated carbocycles. The second-order valence-corrected chi connectivity index (χ2v) is 5.62. The minimum Gasteiger partial charge on any atom is -0.396 e. The molecule has 0 unspecified atom stereocenters. The van der Waals surface area contributed by atoms with E-state index >= 15 is 0 Å². The maximum Gasteiger partial charge on any atom is 0.222 e. The smallest absolute Gasteiger partial charge is 0.222 e. The van der Waals surface area contributed by atoms with Crippen LogP contribution < -0.4 is 10.2 Å². The minimum atomic E-state index is -0.127. The SMILES string of the molecule is CCC[C@H]1CN(c2ccc(C#N)cn2)C[C@@H]1NC(=O)CCO. The van der Waals surface area contributed by atoms with Crippen LogP contribution in [0.2, 0.25) is 0 Å². The minimum absolute atomic E-state index is 0.0800. The van der Waals surface area contributed by atoms with E-state index in [-0.39, 0.29) is 25.0 Å². The summed E-state index contributed by atoms with van der Waals surface area (Å²) in [5, 5.41) is 20.7. The van der Waals surface area contributed by atoms with E-state index < -0.39 is 0 Å². The molecule has 1 aromatic heterocycles. The molecule has 0 aliphatic carbocycles. The molecule has 1 amide bonds. The number of hydrogen-bond acceptors (Lipinski definition) is 5. The van der Waals surface area contributed by atoms with Crippen molar-refractivity contribution in [3.05, 3.63) is 23.9 Å². The molecule has 0 spiro atoms. The molecule has 1 saturated heterocycles. The van der Waals surface area contributed by atoms with Crippen molar-refractivity contribution in [1.29, 1.82) is 5.26 Å². The Morgan fingerprint density at radius 1 is 1.55 bits per heavy atom. The lowest BCUT2D eigenvalue weighted by Crippen LogP contribution is -2.40. The van der Waals surface area contributed by atoms with Gasteiger partial charge in [0.15, 0.2) is 0 Å². The van der Waals surface area contributed by atoms with Gasteiger partial charge in [0.25, 0.3) is 0 Å². The Morgan fingerprint density at radius 3 is 2.95 bits per heavy atom. The van der Waals surface area contributed by atoms with Gasteiger partial charge in [-0.2, -0.15) is 5.26 Å². The molecule has 0 bridgehead atoms. The first-order chi connectivity index (χ1) is 10.7. The van der Waals surface area contributed by atoms with Crippen LogP contribution in [-0.4, -0.2) is 41.7 Å². The lowest BCUT2D eigenvalue weighted by Gasteiger charge is -2.18. The van der Waals surface area contributed by atoms with Crippen molar-refractivity contribution >= 4 is 11.7 Å². The number of carbonyl (C=O) groups excluding carboxylic acids is 1. The third kappa shape index (κ3) is 3.95. The summed E-state index contributed by atoms with van der Waals surface area (Å²) in [7, 11) is 0. The highest BCUT2D eigenvalue weighted by atomic mass is 16.3. The van der Waals surface area contributed by atoms with Crippen LogP contribution in [0, 0.1) is 17.2 Å². The number of aliphatic hydroxyl groups excluding tert-OH is 1. The molecule has 1 aromatic rings. The van der Waals surface area contributed by atoms with Crippen LogP contribution in [0.5, 0.6) is 0 Å². The molecule has 22 heavy (non-hydrogen) atoms. The van der Waals surface area contributed by atoms with Crippen LogP contribution in [0.1, 0.15) is 31.7 Å². The molecule has 6 nitrogen and oxygen atoms in total. The molecule has 0 aromatic carbocycles. The van der Waals surface area contributed by atoms with Crippen molar-refractivity contribution in [2.24, 2.45) is 5.92 Å². The number of aliphatic hydroxyl groups is 1. The third-order valence-corrected chi connectivity index (χ3v) is 3.99. The number of amides is 1. The molecular formula is C16H22N4O2. The molecule has 0 radical (unpaired) electrons. The second kappa shape index (κ2) is 7.76. The number of aromatic nitrogens is 1. The molecule has 118 valence electrons. The predicted molar refractivity (Wildman–Crippen MR) is 83.2 cm³/mol. The van der Waals surface area contributed by atoms with Crippen LogP contribution >= 0.6 is 0 Å². The largest absolute Gasteiger partial charge is 0.396 e. The molecule has 2 heterocycles. The number of nitrogens with one attached hydrogen (secondary N) is 1. The van der Waals surface area contributed by atoms with E-state index in [2.05, 4.69) is 28.2 Å². The van der Waals surface area contributed by atoms with Gasteiger partial charge in [0, 0.05) is 25.7 Å². The fourth-order valence-corrected chi connectivity index (χ4v) is 2.90. The number of nitriles is 1. The molecule has 1 fully saturated rings. The summed E-state index contributed by atoms with van der Waals surface area (Å²) in [6.07, 6.45) is 3.81. The molecule has 2 atom stereocenters. The van der Waals surface area contributed by atoms with E-state index in [1.54, 1.807) is 12.3 Å². The molecule has 1 aliphatic heterocycles. The molecular weight excluding hydrogens is 280 g/mol. The Balaban J connectivity index is 2.05. The number of nitrogens with zero attached hydrogens (tertiary/aromatic N) is 3. The van der Waals surface area contributed by atoms with Gasteiger partial charge in [-0.15, -0.1) is 0 Å². The van der Waals surface area contributed by atoms with Crippen molar-refractivity contribution in [2.45, 2.75) is 32.2 Å². The van der Waals surface area contributed by atoms with E-state index in [4.69, 9.17) is 10.4 Å². The second-order valence-electron chi connectivity index (χ2n) is 5.62. The lowest BCUT2D eigenvalue weighted by atomic mass is 9.98. The highest BCUT2D eigenvalue weighted by molar-refractivity contribution is 5.76. The number of rotatable bonds is 6. The van der Waals surface area contributed by atoms with Crippen molar-refractivity contribution in [3.63, 3.8) is 0 Å². The van der Waals surface area contributed by atoms with Crippen LogP contribution in [0.4, 0.5) is 5.82 Å². The first-order valence-corrected chi connectivity index (χ1v) is 7.69. The summed E-state index contributed by atoms with van der Waals surface area (Å²) in [5.74, 6) is 1.10. The van der Waals surface area contributed by atoms with E-state index in [9.17, 15) is 4.79 Å². The average Bonchev–Trinajstić information content (AvgIpc) is 2.91. The Hall–Kier alpha value is -2.13. The summed E-state index contributed by atoms with van der Waals surface area (Å²) >= 11 is 0. The maximum absolute atomic E-state index is 11.7. The van der Waals surface area contributed by atoms with Crippen LogP contribution in [-0.2, 0) is 4.79 Å². The number of pyridine rings is 1. The van der Waals surface area contributed by atoms with Crippen molar-refractivity contribution in [2.75, 3.05) is 24.6 Å². The average molecular weight is 302 g/mol. The molecule has 1 aliphatic rings. The first kappa shape index (κ1) is 16.2. The quantitative estimate of drug-likeness (QED) is 0.820. The summed E-state index contributed by atoms with van der Waals surface area (Å²) in [4.78, 5) is 18.2. The maximum atomic E-state index is 11.7. The van der Waals surface area contributed by atoms with Gasteiger partial charge in [0.1, 0.15) is 11.9 Å². The van der Waals surface area contributed by atoms with E-state index in [1.165, 1.54) is 0 Å². The van der Waals surface area contributed by atoms with Gasteiger partial charge >= 0.3 is 0 Å². The van der Waals surface area contributed by atoms with Gasteiger partial charge in [0.05, 0.1) is 18.2 Å². The van der Waals surface area contributed by atoms with Crippen molar-refractivity contribution in [3.8, 4) is 6.07 Å². The zero-order valence-corrected chi connectivity index (χ0v) is 12.8. The summed E-state index contributed by atoms with van der Waals surface area (Å²) < 4.78 is 0. The van der Waals surface area contributed by atoms with Crippen molar-refractivity contribution in [1.82, 2.24) is 10.3 Å². The highest BCUT2D eigenvalue weighted by Crippen LogP contribution is 2.26. The monoisotopic (exact) mass is 302 g/mol. The Bertz CT molecular complexity index is 538. The zero-order chi connectivity index (χ0) is 15.9. The zero-order valence-electron chi connectivity index (χ0n) is 12.8. The van der Waals surface area contributed by atoms with Gasteiger partial charge in [-0.1, -0.05) is 13.3 Å². The first-order valence-electron chi connectivity index (χ1n) is 7.69. The van der Waals surface area contributed by atoms with Crippen LogP contribution in [0.25, 0.3) is 0 Å². The van der Waals surface area contributed by atoms with Gasteiger partial charge in [0.2, 0.25) is 5.91 Å². The van der Waals surface area contributed by atoms with Gasteiger partial charge in [-0.05, 0) is 24.5 Å². The Morgan fingerprint density at radius 2 is 2.36 bits per heavy atom. The van der Waals surface area contributed by atoms with Gasteiger partial charge in [-0.3, -0.25) is 4.79 Å². The van der Waals surface area contributed by atoms with E-state index in [0.717, 1.165) is 25.2 Å². The van der Waals surface area contributed by atoms with E-state index in [0.29, 0.717) is 18.0 Å². The Labute approximate surface area is 130 Å². The Kier molecular flexibility index (Phi) is 5.73. The predicted octanol–water partition coefficient (Wildman–Crippen LogP) is 1.06. The number of carbonyl (C=O) groups is 1. The standard InChI is InChI=1S/C16H22N4O2/c1-2-3-13-10-20(11-14(13)19-16(22)6-7-21)15-5-4-12(8-17)9-18-15/h4-5,9,13-14,21H,2-3,6-7,10-11H2,1H3,(H,19,22)/t13-,14-/m0/s1. The summed E-state index contributed by atoms with van der Waals surface area (Å²) in [5.41, 5.74) is 0.542. The summed E-state index contributed by atoms with van der Waals surface area (Å²) in [6.45, 7) is 3.56. The van der Waals surface area contributed by atoms with Gasteiger partial charge < -0.3 is 15.3 Å². The topological polar surface area (TPSA) is 89.3 Å². The lowest BCUT2D eigenvalue weighted by molar-refractivity contribution is -0.122. The van der Waals surface area contributed by atoms with E-state index in [1.807, 2.05) is 6.07 Å².